The summed E-state index contributed by atoms with van der Waals surface area (Å²) in [6.07, 6.45) is 1.73. The van der Waals surface area contributed by atoms with E-state index in [1.165, 1.54) is 11.1 Å². The smallest absolute Gasteiger partial charge is 0.314 e. The first-order valence-electron chi connectivity index (χ1n) is 10.2. The third-order valence-corrected chi connectivity index (χ3v) is 5.63. The van der Waals surface area contributed by atoms with Gasteiger partial charge in [-0.25, -0.2) is 0 Å². The number of carbonyl (C=O) groups is 1. The van der Waals surface area contributed by atoms with Crippen LogP contribution in [0, 0.1) is 5.92 Å². The van der Waals surface area contributed by atoms with E-state index in [1.807, 2.05) is 50.2 Å². The summed E-state index contributed by atoms with van der Waals surface area (Å²) in [5, 5.41) is 0. The van der Waals surface area contributed by atoms with Gasteiger partial charge in [0.15, 0.2) is 0 Å². The van der Waals surface area contributed by atoms with Gasteiger partial charge in [0.1, 0.15) is 17.1 Å². The number of esters is 1. The molecule has 152 valence electrons. The minimum absolute atomic E-state index is 0.0884. The Balaban J connectivity index is 2.14. The fraction of sp³-hybridized carbons (Fsp3) is 0.480. The molecule has 3 nitrogen and oxygen atoms in total. The lowest BCUT2D eigenvalue weighted by molar-refractivity contribution is -0.138. The number of hydrogen-bond acceptors (Lipinski definition) is 3. The quantitative estimate of drug-likeness (QED) is 0.384. The average Bonchev–Trinajstić information content (AvgIpc) is 2.67. The van der Waals surface area contributed by atoms with Gasteiger partial charge >= 0.3 is 5.97 Å². The molecule has 0 aromatic heterocycles. The van der Waals surface area contributed by atoms with E-state index in [0.717, 1.165) is 18.6 Å². The Morgan fingerprint density at radius 2 is 1.32 bits per heavy atom. The second-order valence-electron chi connectivity index (χ2n) is 8.62. The fourth-order valence-electron chi connectivity index (χ4n) is 2.82. The lowest BCUT2D eigenvalue weighted by atomic mass is 9.78. The molecule has 0 saturated carbocycles. The zero-order chi connectivity index (χ0) is 20.9. The van der Waals surface area contributed by atoms with Crippen molar-refractivity contribution < 1.29 is 14.3 Å². The highest BCUT2D eigenvalue weighted by atomic mass is 16.5. The summed E-state index contributed by atoms with van der Waals surface area (Å²) in [7, 11) is 0. The first-order chi connectivity index (χ1) is 13.1. The van der Waals surface area contributed by atoms with Crippen LogP contribution in [0.3, 0.4) is 0 Å². The summed E-state index contributed by atoms with van der Waals surface area (Å²) in [4.78, 5) is 12.0. The Labute approximate surface area is 170 Å². The van der Waals surface area contributed by atoms with Crippen LogP contribution in [-0.4, -0.2) is 11.6 Å². The molecule has 3 heteroatoms. The van der Waals surface area contributed by atoms with Gasteiger partial charge in [-0.1, -0.05) is 58.9 Å². The summed E-state index contributed by atoms with van der Waals surface area (Å²) in [5.74, 6) is 1.21. The molecule has 28 heavy (non-hydrogen) atoms. The number of rotatable bonds is 8. The van der Waals surface area contributed by atoms with Crippen LogP contribution in [0.4, 0.5) is 0 Å². The lowest BCUT2D eigenvalue weighted by Gasteiger charge is -2.28. The van der Waals surface area contributed by atoms with Crippen molar-refractivity contribution >= 4 is 5.97 Å². The maximum Gasteiger partial charge on any atom is 0.314 e. The third kappa shape index (κ3) is 5.37. The highest BCUT2D eigenvalue weighted by Gasteiger charge is 2.24. The normalized spacial score (nSPS) is 13.1. The van der Waals surface area contributed by atoms with Gasteiger partial charge in [0, 0.05) is 5.41 Å². The van der Waals surface area contributed by atoms with Crippen molar-refractivity contribution in [2.45, 2.75) is 72.3 Å². The first-order valence-corrected chi connectivity index (χ1v) is 10.2. The van der Waals surface area contributed by atoms with Crippen LogP contribution in [0.5, 0.6) is 11.5 Å². The zero-order valence-electron chi connectivity index (χ0n) is 18.3. The van der Waals surface area contributed by atoms with Gasteiger partial charge in [0.2, 0.25) is 0 Å². The van der Waals surface area contributed by atoms with E-state index >= 15 is 0 Å². The largest absolute Gasteiger partial charge is 0.488 e. The van der Waals surface area contributed by atoms with Crippen molar-refractivity contribution in [1.82, 2.24) is 0 Å². The summed E-state index contributed by atoms with van der Waals surface area (Å²) in [6.45, 7) is 14.6. The van der Waals surface area contributed by atoms with E-state index in [1.54, 1.807) is 0 Å². The van der Waals surface area contributed by atoms with E-state index in [0.29, 0.717) is 5.75 Å². The molecule has 2 rings (SSSR count). The van der Waals surface area contributed by atoms with Crippen LogP contribution < -0.4 is 9.47 Å². The predicted octanol–water partition coefficient (Wildman–Crippen LogP) is 6.53. The lowest BCUT2D eigenvalue weighted by Crippen LogP contribution is -2.26. The van der Waals surface area contributed by atoms with E-state index < -0.39 is 0 Å². The highest BCUT2D eigenvalue weighted by molar-refractivity contribution is 5.74. The maximum atomic E-state index is 12.0. The fourth-order valence-corrected chi connectivity index (χ4v) is 2.82. The molecule has 0 radical (unpaired) electrons. The molecule has 0 N–H and O–H groups in total. The van der Waals surface area contributed by atoms with Crippen molar-refractivity contribution in [3.8, 4) is 11.5 Å². The molecule has 0 saturated heterocycles. The molecular formula is C25H34O3. The van der Waals surface area contributed by atoms with Crippen molar-refractivity contribution in [3.05, 3.63) is 59.7 Å². The van der Waals surface area contributed by atoms with Crippen molar-refractivity contribution in [2.24, 2.45) is 5.92 Å². The third-order valence-electron chi connectivity index (χ3n) is 5.63. The molecule has 0 aliphatic heterocycles. The molecule has 0 bridgehead atoms. The Morgan fingerprint density at radius 3 is 1.75 bits per heavy atom. The first kappa shape index (κ1) is 22.0. The summed E-state index contributed by atoms with van der Waals surface area (Å²) < 4.78 is 11.5. The zero-order valence-corrected chi connectivity index (χ0v) is 18.3. The Kier molecular flexibility index (Phi) is 6.92. The second kappa shape index (κ2) is 8.81. The standard InChI is InChI=1S/C25H34O3/c1-8-18(3)23(26)27-21-14-10-19(11-15-21)25(6,7)20-12-16-22(17-13-20)28-24(4,5)9-2/h10-18H,8-9H2,1-7H3/t18-/m0/s1. The van der Waals surface area contributed by atoms with Crippen LogP contribution in [0.15, 0.2) is 48.5 Å². The second-order valence-corrected chi connectivity index (χ2v) is 8.62. The van der Waals surface area contributed by atoms with Crippen LogP contribution in [0.2, 0.25) is 0 Å². The van der Waals surface area contributed by atoms with Crippen molar-refractivity contribution in [1.29, 1.82) is 0 Å². The van der Waals surface area contributed by atoms with Gasteiger partial charge < -0.3 is 9.47 Å². The number of ether oxygens (including phenoxy) is 2. The topological polar surface area (TPSA) is 35.5 Å². The van der Waals surface area contributed by atoms with Crippen LogP contribution in [0.1, 0.15) is 72.4 Å². The molecule has 2 aromatic rings. The Bertz CT molecular complexity index is 770. The molecular weight excluding hydrogens is 348 g/mol. The average molecular weight is 383 g/mol. The molecule has 0 heterocycles. The monoisotopic (exact) mass is 382 g/mol. The van der Waals surface area contributed by atoms with Crippen LogP contribution in [-0.2, 0) is 10.2 Å². The molecule has 1 atom stereocenters. The summed E-state index contributed by atoms with van der Waals surface area (Å²) in [6, 6.07) is 16.1. The van der Waals surface area contributed by atoms with Gasteiger partial charge in [0.05, 0.1) is 5.92 Å². The van der Waals surface area contributed by atoms with E-state index in [-0.39, 0.29) is 22.9 Å². The number of carbonyl (C=O) groups excluding carboxylic acids is 1. The number of benzene rings is 2. The van der Waals surface area contributed by atoms with Crippen molar-refractivity contribution in [2.75, 3.05) is 0 Å². The number of hydrogen-bond donors (Lipinski definition) is 0. The summed E-state index contributed by atoms with van der Waals surface area (Å²) >= 11 is 0. The van der Waals surface area contributed by atoms with E-state index in [2.05, 4.69) is 46.8 Å². The van der Waals surface area contributed by atoms with Gasteiger partial charge in [0.25, 0.3) is 0 Å². The molecule has 0 aliphatic rings. The van der Waals surface area contributed by atoms with Gasteiger partial charge in [-0.15, -0.1) is 0 Å². The molecule has 0 unspecified atom stereocenters. The minimum atomic E-state index is -0.180. The highest BCUT2D eigenvalue weighted by Crippen LogP contribution is 2.34. The van der Waals surface area contributed by atoms with E-state index in [4.69, 9.17) is 9.47 Å². The SMILES string of the molecule is CC[C@H](C)C(=O)Oc1ccc(C(C)(C)c2ccc(OC(C)(C)CC)cc2)cc1. The Morgan fingerprint density at radius 1 is 0.857 bits per heavy atom. The molecule has 2 aromatic carbocycles. The van der Waals surface area contributed by atoms with Crippen LogP contribution in [0.25, 0.3) is 0 Å². The van der Waals surface area contributed by atoms with Gasteiger partial charge in [-0.2, -0.15) is 0 Å². The van der Waals surface area contributed by atoms with Crippen molar-refractivity contribution in [3.63, 3.8) is 0 Å². The van der Waals surface area contributed by atoms with Crippen LogP contribution >= 0.6 is 0 Å². The molecule has 0 aliphatic carbocycles. The molecule has 0 spiro atoms. The molecule has 0 amide bonds. The van der Waals surface area contributed by atoms with Gasteiger partial charge in [-0.3, -0.25) is 4.79 Å². The van der Waals surface area contributed by atoms with E-state index in [9.17, 15) is 4.79 Å². The summed E-state index contributed by atoms with van der Waals surface area (Å²) in [5.41, 5.74) is 2.04. The van der Waals surface area contributed by atoms with Gasteiger partial charge in [-0.05, 0) is 62.1 Å². The molecule has 0 fully saturated rings. The minimum Gasteiger partial charge on any atom is -0.488 e. The predicted molar refractivity (Wildman–Crippen MR) is 115 cm³/mol. The maximum absolute atomic E-state index is 12.0. The Hall–Kier alpha value is -2.29.